The van der Waals surface area contributed by atoms with Gasteiger partial charge in [0.25, 0.3) is 5.91 Å². The van der Waals surface area contributed by atoms with E-state index in [1.807, 2.05) is 38.2 Å². The van der Waals surface area contributed by atoms with E-state index in [1.54, 1.807) is 11.8 Å². The van der Waals surface area contributed by atoms with E-state index in [-0.39, 0.29) is 5.91 Å². The minimum absolute atomic E-state index is 0.0199. The third kappa shape index (κ3) is 5.14. The Morgan fingerprint density at radius 1 is 1.33 bits per heavy atom. The highest BCUT2D eigenvalue weighted by Crippen LogP contribution is 2.18. The van der Waals surface area contributed by atoms with Crippen LogP contribution in [0.5, 0.6) is 0 Å². The fourth-order valence-corrected chi connectivity index (χ4v) is 3.59. The number of nitrogens with one attached hydrogen (secondary N) is 1. The average Bonchev–Trinajstić information content (AvgIpc) is 3.26. The Morgan fingerprint density at radius 2 is 2.11 bits per heavy atom. The number of nitrogens with zero attached hydrogens (tertiary/aromatic N) is 4. The third-order valence-electron chi connectivity index (χ3n) is 5.02. The quantitative estimate of drug-likeness (QED) is 0.718. The summed E-state index contributed by atoms with van der Waals surface area (Å²) in [6.07, 6.45) is 2.20. The number of aromatic nitrogens is 3. The van der Waals surface area contributed by atoms with E-state index in [9.17, 15) is 4.79 Å². The predicted molar refractivity (Wildman–Crippen MR) is 105 cm³/mol. The molecule has 2 aromatic rings. The van der Waals surface area contributed by atoms with Crippen LogP contribution in [0.2, 0.25) is 0 Å². The zero-order valence-corrected chi connectivity index (χ0v) is 16.4. The number of methoxy groups -OCH3 is 1. The van der Waals surface area contributed by atoms with Crippen LogP contribution in [0.1, 0.15) is 29.0 Å². The van der Waals surface area contributed by atoms with Crippen LogP contribution in [0.25, 0.3) is 11.4 Å². The van der Waals surface area contributed by atoms with E-state index < -0.39 is 0 Å². The molecule has 1 aliphatic heterocycles. The van der Waals surface area contributed by atoms with Gasteiger partial charge in [-0.1, -0.05) is 12.1 Å². The maximum atomic E-state index is 12.4. The highest BCUT2D eigenvalue weighted by Gasteiger charge is 2.22. The molecule has 0 saturated carbocycles. The van der Waals surface area contributed by atoms with Crippen LogP contribution in [-0.4, -0.2) is 65.5 Å². The molecular formula is C20H29N5O2. The summed E-state index contributed by atoms with van der Waals surface area (Å²) in [5.74, 6) is 2.05. The number of carbonyl (C=O) groups is 1. The first-order chi connectivity index (χ1) is 13.1. The van der Waals surface area contributed by atoms with Gasteiger partial charge in [0, 0.05) is 51.5 Å². The molecule has 1 fully saturated rings. The van der Waals surface area contributed by atoms with Crippen LogP contribution in [-0.2, 0) is 11.8 Å². The zero-order valence-electron chi connectivity index (χ0n) is 16.4. The van der Waals surface area contributed by atoms with Crippen LogP contribution in [0.15, 0.2) is 24.3 Å². The summed E-state index contributed by atoms with van der Waals surface area (Å²) in [4.78, 5) is 19.3. The molecule has 2 heterocycles. The van der Waals surface area contributed by atoms with E-state index in [0.29, 0.717) is 11.5 Å². The predicted octanol–water partition coefficient (Wildman–Crippen LogP) is 1.88. The number of carbonyl (C=O) groups excluding carboxylic acids is 1. The first-order valence-electron chi connectivity index (χ1n) is 9.54. The number of benzene rings is 1. The second-order valence-electron chi connectivity index (χ2n) is 7.20. The Labute approximate surface area is 160 Å². The van der Waals surface area contributed by atoms with Gasteiger partial charge < -0.3 is 15.0 Å². The largest absolute Gasteiger partial charge is 0.385 e. The monoisotopic (exact) mass is 371 g/mol. The van der Waals surface area contributed by atoms with Gasteiger partial charge in [-0.3, -0.25) is 4.79 Å². The van der Waals surface area contributed by atoms with Crippen molar-refractivity contribution in [2.45, 2.75) is 19.8 Å². The van der Waals surface area contributed by atoms with Crippen molar-refractivity contribution in [2.75, 3.05) is 39.9 Å². The number of amides is 1. The number of aryl methyl sites for hydroxylation is 2. The molecule has 1 unspecified atom stereocenters. The molecule has 7 heteroatoms. The lowest BCUT2D eigenvalue weighted by Gasteiger charge is -2.16. The Bertz CT molecular complexity index is 756. The molecule has 1 N–H and O–H groups in total. The van der Waals surface area contributed by atoms with Gasteiger partial charge in [0.2, 0.25) is 0 Å². The number of hydrogen-bond donors (Lipinski definition) is 1. The van der Waals surface area contributed by atoms with Crippen molar-refractivity contribution in [3.63, 3.8) is 0 Å². The smallest absolute Gasteiger partial charge is 0.251 e. The Balaban J connectivity index is 1.48. The maximum Gasteiger partial charge on any atom is 0.251 e. The lowest BCUT2D eigenvalue weighted by Crippen LogP contribution is -2.31. The number of likely N-dealkylation sites (tertiary alicyclic amines) is 1. The van der Waals surface area contributed by atoms with Crippen LogP contribution >= 0.6 is 0 Å². The summed E-state index contributed by atoms with van der Waals surface area (Å²) < 4.78 is 6.86. The van der Waals surface area contributed by atoms with Crippen LogP contribution in [0.3, 0.4) is 0 Å². The fraction of sp³-hybridized carbons (Fsp3) is 0.550. The molecule has 1 aliphatic rings. The van der Waals surface area contributed by atoms with Gasteiger partial charge in [0.15, 0.2) is 5.82 Å². The molecular weight excluding hydrogens is 342 g/mol. The summed E-state index contributed by atoms with van der Waals surface area (Å²) in [6.45, 7) is 6.63. The molecule has 7 nitrogen and oxygen atoms in total. The lowest BCUT2D eigenvalue weighted by molar-refractivity contribution is 0.0947. The number of rotatable bonds is 8. The maximum absolute atomic E-state index is 12.4. The second-order valence-corrected chi connectivity index (χ2v) is 7.20. The molecule has 1 amide bonds. The first-order valence-corrected chi connectivity index (χ1v) is 9.54. The summed E-state index contributed by atoms with van der Waals surface area (Å²) in [5.41, 5.74) is 1.63. The van der Waals surface area contributed by atoms with Crippen molar-refractivity contribution in [1.82, 2.24) is 25.0 Å². The van der Waals surface area contributed by atoms with E-state index in [0.717, 1.165) is 62.8 Å². The normalized spacial score (nSPS) is 17.4. The lowest BCUT2D eigenvalue weighted by atomic mass is 10.1. The minimum atomic E-state index is -0.0199. The van der Waals surface area contributed by atoms with Gasteiger partial charge >= 0.3 is 0 Å². The van der Waals surface area contributed by atoms with Gasteiger partial charge in [-0.15, -0.1) is 0 Å². The molecule has 0 aliphatic carbocycles. The van der Waals surface area contributed by atoms with Crippen molar-refractivity contribution in [3.05, 3.63) is 35.7 Å². The molecule has 0 spiro atoms. The second kappa shape index (κ2) is 9.10. The Hall–Kier alpha value is -2.25. The Morgan fingerprint density at radius 3 is 2.78 bits per heavy atom. The number of ether oxygens (including phenoxy) is 1. The van der Waals surface area contributed by atoms with Gasteiger partial charge in [0.1, 0.15) is 5.82 Å². The molecule has 1 aromatic heterocycles. The SMILES string of the molecule is COCCCN1CCC(CNC(=O)c2ccc(-c3nc(C)nn3C)cc2)C1. The minimum Gasteiger partial charge on any atom is -0.385 e. The van der Waals surface area contributed by atoms with Gasteiger partial charge in [-0.05, 0) is 44.4 Å². The molecule has 1 saturated heterocycles. The summed E-state index contributed by atoms with van der Waals surface area (Å²) in [5, 5.41) is 7.34. The van der Waals surface area contributed by atoms with Crippen molar-refractivity contribution < 1.29 is 9.53 Å². The molecule has 27 heavy (non-hydrogen) atoms. The average molecular weight is 371 g/mol. The van der Waals surface area contributed by atoms with Gasteiger partial charge in [-0.2, -0.15) is 5.10 Å². The van der Waals surface area contributed by atoms with Crippen molar-refractivity contribution in [1.29, 1.82) is 0 Å². The molecule has 0 radical (unpaired) electrons. The van der Waals surface area contributed by atoms with E-state index in [2.05, 4.69) is 20.3 Å². The van der Waals surface area contributed by atoms with E-state index >= 15 is 0 Å². The van der Waals surface area contributed by atoms with Crippen molar-refractivity contribution >= 4 is 5.91 Å². The van der Waals surface area contributed by atoms with Crippen LogP contribution in [0, 0.1) is 12.8 Å². The van der Waals surface area contributed by atoms with Crippen molar-refractivity contribution in [3.8, 4) is 11.4 Å². The standard InChI is InChI=1S/C20H29N5O2/c1-15-22-19(24(2)23-15)17-5-7-18(8-6-17)20(26)21-13-16-9-11-25(14-16)10-4-12-27-3/h5-8,16H,4,9-14H2,1-3H3,(H,21,26). The molecule has 1 atom stereocenters. The van der Waals surface area contributed by atoms with Crippen molar-refractivity contribution in [2.24, 2.45) is 13.0 Å². The zero-order chi connectivity index (χ0) is 19.2. The van der Waals surface area contributed by atoms with Gasteiger partial charge in [0.05, 0.1) is 0 Å². The summed E-state index contributed by atoms with van der Waals surface area (Å²) in [6, 6.07) is 7.54. The molecule has 146 valence electrons. The van der Waals surface area contributed by atoms with Crippen LogP contribution in [0.4, 0.5) is 0 Å². The molecule has 0 bridgehead atoms. The number of hydrogen-bond acceptors (Lipinski definition) is 5. The topological polar surface area (TPSA) is 72.3 Å². The molecule has 3 rings (SSSR count). The first kappa shape index (κ1) is 19.5. The van der Waals surface area contributed by atoms with Crippen LogP contribution < -0.4 is 5.32 Å². The highest BCUT2D eigenvalue weighted by atomic mass is 16.5. The van der Waals surface area contributed by atoms with E-state index in [1.165, 1.54) is 0 Å². The third-order valence-corrected chi connectivity index (χ3v) is 5.02. The highest BCUT2D eigenvalue weighted by molar-refractivity contribution is 5.94. The fourth-order valence-electron chi connectivity index (χ4n) is 3.59. The Kier molecular flexibility index (Phi) is 6.58. The summed E-state index contributed by atoms with van der Waals surface area (Å²) >= 11 is 0. The van der Waals surface area contributed by atoms with E-state index in [4.69, 9.17) is 4.74 Å². The molecule has 1 aromatic carbocycles. The van der Waals surface area contributed by atoms with Gasteiger partial charge in [-0.25, -0.2) is 9.67 Å². The summed E-state index contributed by atoms with van der Waals surface area (Å²) in [7, 11) is 3.61.